The lowest BCUT2D eigenvalue weighted by molar-refractivity contribution is -0.145. The molecule has 0 fully saturated rings. The fourth-order valence-corrected chi connectivity index (χ4v) is 2.55. The van der Waals surface area contributed by atoms with Crippen LogP contribution in [-0.4, -0.2) is 26.8 Å². The van der Waals surface area contributed by atoms with Gasteiger partial charge in [0.25, 0.3) is 0 Å². The molecule has 0 aliphatic heterocycles. The van der Waals surface area contributed by atoms with Crippen LogP contribution in [-0.2, 0) is 4.79 Å². The molecule has 0 unspecified atom stereocenters. The Morgan fingerprint density at radius 3 is 2.89 bits per heavy atom. The van der Waals surface area contributed by atoms with Gasteiger partial charge in [0.05, 0.1) is 16.4 Å². The molecule has 18 heavy (non-hydrogen) atoms. The number of thioether (sulfide) groups is 1. The number of benzene rings is 1. The van der Waals surface area contributed by atoms with Gasteiger partial charge in [-0.15, -0.1) is 11.8 Å². The lowest BCUT2D eigenvalue weighted by atomic mass is 9.97. The van der Waals surface area contributed by atoms with Crippen molar-refractivity contribution < 1.29 is 9.90 Å². The number of carboxylic acid groups (broad SMARTS) is 1. The summed E-state index contributed by atoms with van der Waals surface area (Å²) < 4.78 is 0. The molecule has 0 bridgehead atoms. The molecule has 5 heteroatoms. The number of rotatable bonds is 4. The molecule has 1 aromatic carbocycles. The Hall–Kier alpha value is -1.49. The molecule has 0 atom stereocenters. The van der Waals surface area contributed by atoms with Crippen LogP contribution in [0.5, 0.6) is 0 Å². The lowest BCUT2D eigenvalue weighted by Gasteiger charge is -2.18. The summed E-state index contributed by atoms with van der Waals surface area (Å²) in [5.41, 5.74) is 1.21. The van der Waals surface area contributed by atoms with Crippen molar-refractivity contribution in [2.45, 2.75) is 25.7 Å². The van der Waals surface area contributed by atoms with E-state index >= 15 is 0 Å². The molecule has 0 aliphatic rings. The van der Waals surface area contributed by atoms with E-state index in [0.717, 1.165) is 21.8 Å². The molecule has 2 N–H and O–H groups in total. The molecular formula is C13H16N2O2S. The van der Waals surface area contributed by atoms with Crippen LogP contribution in [0.15, 0.2) is 23.1 Å². The lowest BCUT2D eigenvalue weighted by Crippen LogP contribution is -2.26. The molecule has 0 saturated carbocycles. The fraction of sp³-hybridized carbons (Fsp3) is 0.385. The number of fused-ring (bicyclic) bond motifs is 1. The van der Waals surface area contributed by atoms with Crippen LogP contribution < -0.4 is 0 Å². The number of carbonyl (C=O) groups is 1. The first-order chi connectivity index (χ1) is 8.38. The Balaban J connectivity index is 2.15. The molecule has 1 heterocycles. The topological polar surface area (TPSA) is 66.0 Å². The molecule has 2 aromatic rings. The van der Waals surface area contributed by atoms with Gasteiger partial charge in [0.1, 0.15) is 5.82 Å². The molecular weight excluding hydrogens is 248 g/mol. The number of hydrogen-bond acceptors (Lipinski definition) is 3. The van der Waals surface area contributed by atoms with Gasteiger partial charge in [0.15, 0.2) is 0 Å². The molecule has 0 radical (unpaired) electrons. The SMILES string of the molecule is Cc1nc2ccc(SCC(C)(C)C(=O)O)cc2[nH]1. The van der Waals surface area contributed by atoms with Gasteiger partial charge in [-0.25, -0.2) is 4.98 Å². The van der Waals surface area contributed by atoms with E-state index in [2.05, 4.69) is 9.97 Å². The highest BCUT2D eigenvalue weighted by Gasteiger charge is 2.27. The maximum atomic E-state index is 11.0. The third-order valence-electron chi connectivity index (χ3n) is 2.75. The van der Waals surface area contributed by atoms with Crippen LogP contribution in [0.25, 0.3) is 11.0 Å². The summed E-state index contributed by atoms with van der Waals surface area (Å²) >= 11 is 1.55. The third kappa shape index (κ3) is 2.67. The number of hydrogen-bond donors (Lipinski definition) is 2. The fourth-order valence-electron chi connectivity index (χ4n) is 1.53. The molecule has 96 valence electrons. The first-order valence-corrected chi connectivity index (χ1v) is 6.69. The van der Waals surface area contributed by atoms with E-state index in [1.807, 2.05) is 25.1 Å². The number of aliphatic carboxylic acids is 1. The molecule has 2 rings (SSSR count). The predicted molar refractivity (Wildman–Crippen MR) is 73.0 cm³/mol. The van der Waals surface area contributed by atoms with Crippen LogP contribution in [0.4, 0.5) is 0 Å². The minimum absolute atomic E-state index is 0.543. The number of aromatic amines is 1. The minimum atomic E-state index is -0.770. The van der Waals surface area contributed by atoms with Crippen LogP contribution in [0, 0.1) is 12.3 Å². The first-order valence-electron chi connectivity index (χ1n) is 5.71. The van der Waals surface area contributed by atoms with Crippen LogP contribution in [0.1, 0.15) is 19.7 Å². The summed E-state index contributed by atoms with van der Waals surface area (Å²) in [6.07, 6.45) is 0. The first kappa shape index (κ1) is 13.0. The molecule has 1 aromatic heterocycles. The zero-order chi connectivity index (χ0) is 13.3. The predicted octanol–water partition coefficient (Wildman–Crippen LogP) is 3.07. The van der Waals surface area contributed by atoms with Gasteiger partial charge < -0.3 is 10.1 Å². The number of carboxylic acids is 1. The normalized spacial score (nSPS) is 11.9. The maximum Gasteiger partial charge on any atom is 0.309 e. The number of nitrogens with zero attached hydrogens (tertiary/aromatic N) is 1. The van der Waals surface area contributed by atoms with E-state index in [1.165, 1.54) is 0 Å². The average molecular weight is 264 g/mol. The monoisotopic (exact) mass is 264 g/mol. The second kappa shape index (κ2) is 4.65. The van der Waals surface area contributed by atoms with Gasteiger partial charge in [-0.05, 0) is 39.0 Å². The van der Waals surface area contributed by atoms with Crippen molar-refractivity contribution in [2.75, 3.05) is 5.75 Å². The molecule has 0 saturated heterocycles. The maximum absolute atomic E-state index is 11.0. The van der Waals surface area contributed by atoms with E-state index < -0.39 is 11.4 Å². The zero-order valence-electron chi connectivity index (χ0n) is 10.7. The highest BCUT2D eigenvalue weighted by molar-refractivity contribution is 7.99. The molecule has 4 nitrogen and oxygen atoms in total. The van der Waals surface area contributed by atoms with Crippen molar-refractivity contribution in [3.05, 3.63) is 24.0 Å². The van der Waals surface area contributed by atoms with Crippen molar-refractivity contribution in [2.24, 2.45) is 5.41 Å². The summed E-state index contributed by atoms with van der Waals surface area (Å²) in [6, 6.07) is 5.94. The van der Waals surface area contributed by atoms with Crippen LogP contribution >= 0.6 is 11.8 Å². The van der Waals surface area contributed by atoms with Gasteiger partial charge in [-0.1, -0.05) is 0 Å². The molecule has 0 aliphatic carbocycles. The van der Waals surface area contributed by atoms with Gasteiger partial charge in [-0.2, -0.15) is 0 Å². The van der Waals surface area contributed by atoms with E-state index in [-0.39, 0.29) is 0 Å². The molecule has 0 amide bonds. The largest absolute Gasteiger partial charge is 0.481 e. The number of nitrogens with one attached hydrogen (secondary N) is 1. The number of aromatic nitrogens is 2. The van der Waals surface area contributed by atoms with Gasteiger partial charge in [0, 0.05) is 10.6 Å². The second-order valence-corrected chi connectivity index (χ2v) is 6.03. The standard InChI is InChI=1S/C13H16N2O2S/c1-8-14-10-5-4-9(6-11(10)15-8)18-7-13(2,3)12(16)17/h4-6H,7H2,1-3H3,(H,14,15)(H,16,17). The summed E-state index contributed by atoms with van der Waals surface area (Å²) in [6.45, 7) is 5.39. The van der Waals surface area contributed by atoms with Crippen molar-refractivity contribution in [1.82, 2.24) is 9.97 Å². The summed E-state index contributed by atoms with van der Waals surface area (Å²) in [7, 11) is 0. The number of imidazole rings is 1. The Labute approximate surface area is 110 Å². The average Bonchev–Trinajstić information content (AvgIpc) is 2.65. The third-order valence-corrected chi connectivity index (χ3v) is 4.20. The van der Waals surface area contributed by atoms with E-state index in [0.29, 0.717) is 5.75 Å². The summed E-state index contributed by atoms with van der Waals surface area (Å²) in [4.78, 5) is 19.6. The van der Waals surface area contributed by atoms with E-state index in [9.17, 15) is 4.79 Å². The smallest absolute Gasteiger partial charge is 0.309 e. The quantitative estimate of drug-likeness (QED) is 0.833. The van der Waals surface area contributed by atoms with Gasteiger partial charge in [0.2, 0.25) is 0 Å². The van der Waals surface area contributed by atoms with Crippen LogP contribution in [0.3, 0.4) is 0 Å². The number of aryl methyl sites for hydroxylation is 1. The highest BCUT2D eigenvalue weighted by Crippen LogP contribution is 2.29. The van der Waals surface area contributed by atoms with Crippen molar-refractivity contribution in [3.8, 4) is 0 Å². The van der Waals surface area contributed by atoms with E-state index in [1.54, 1.807) is 25.6 Å². The van der Waals surface area contributed by atoms with Gasteiger partial charge in [-0.3, -0.25) is 4.79 Å². The Morgan fingerprint density at radius 1 is 1.50 bits per heavy atom. The Kier molecular flexibility index (Phi) is 3.34. The summed E-state index contributed by atoms with van der Waals surface area (Å²) in [5, 5.41) is 9.06. The van der Waals surface area contributed by atoms with Crippen molar-refractivity contribution >= 4 is 28.8 Å². The van der Waals surface area contributed by atoms with E-state index in [4.69, 9.17) is 5.11 Å². The minimum Gasteiger partial charge on any atom is -0.481 e. The van der Waals surface area contributed by atoms with Crippen molar-refractivity contribution in [1.29, 1.82) is 0 Å². The summed E-state index contributed by atoms with van der Waals surface area (Å²) in [5.74, 6) is 0.660. The number of H-pyrrole nitrogens is 1. The Morgan fingerprint density at radius 2 is 2.22 bits per heavy atom. The second-order valence-electron chi connectivity index (χ2n) is 4.98. The highest BCUT2D eigenvalue weighted by atomic mass is 32.2. The molecule has 0 spiro atoms. The Bertz CT molecular complexity index is 590. The van der Waals surface area contributed by atoms with Gasteiger partial charge >= 0.3 is 5.97 Å². The van der Waals surface area contributed by atoms with Crippen molar-refractivity contribution in [3.63, 3.8) is 0 Å². The van der Waals surface area contributed by atoms with Crippen LogP contribution in [0.2, 0.25) is 0 Å². The zero-order valence-corrected chi connectivity index (χ0v) is 11.5.